The minimum Gasteiger partial charge on any atom is -0.444 e. The minimum atomic E-state index is -4.72. The van der Waals surface area contributed by atoms with Gasteiger partial charge in [-0.3, -0.25) is 4.55 Å². The predicted octanol–water partition coefficient (Wildman–Crippen LogP) is 1.55. The highest BCUT2D eigenvalue weighted by molar-refractivity contribution is 7.80. The first kappa shape index (κ1) is 23.6. The van der Waals surface area contributed by atoms with Crippen LogP contribution in [0.1, 0.15) is 25.8 Å². The number of rotatable bonds is 11. The van der Waals surface area contributed by atoms with Gasteiger partial charge in [-0.25, -0.2) is 8.98 Å². The molecule has 29 heavy (non-hydrogen) atoms. The van der Waals surface area contributed by atoms with Crippen LogP contribution in [0.4, 0.5) is 4.79 Å². The summed E-state index contributed by atoms with van der Waals surface area (Å²) in [5, 5.41) is 5.80. The molecule has 0 saturated carbocycles. The van der Waals surface area contributed by atoms with Gasteiger partial charge in [0.25, 0.3) is 0 Å². The summed E-state index contributed by atoms with van der Waals surface area (Å²) >= 11 is 0. The maximum atomic E-state index is 12.4. The van der Waals surface area contributed by atoms with Crippen LogP contribution in [0.3, 0.4) is 0 Å². The Labute approximate surface area is 172 Å². The molecule has 164 valence electrons. The highest BCUT2D eigenvalue weighted by Gasteiger charge is 2.30. The van der Waals surface area contributed by atoms with Gasteiger partial charge >= 0.3 is 16.5 Å². The number of ether oxygens (including phenoxy) is 2. The van der Waals surface area contributed by atoms with Crippen molar-refractivity contribution in [1.29, 1.82) is 0 Å². The largest absolute Gasteiger partial charge is 0.444 e. The molecule has 0 aliphatic carbocycles. The number of nitrogens with one attached hydrogen (secondary N) is 2. The van der Waals surface area contributed by atoms with E-state index in [9.17, 15) is 17.8 Å². The molecule has 3 N–H and O–H groups in total. The van der Waals surface area contributed by atoms with E-state index in [4.69, 9.17) is 13.7 Å². The van der Waals surface area contributed by atoms with Crippen molar-refractivity contribution in [2.75, 3.05) is 26.3 Å². The third-order valence-corrected chi connectivity index (χ3v) is 4.85. The molecular weight excluding hydrogens is 400 g/mol. The Morgan fingerprint density at radius 3 is 2.59 bits per heavy atom. The fourth-order valence-corrected chi connectivity index (χ4v) is 3.51. The summed E-state index contributed by atoms with van der Waals surface area (Å²) in [6, 6.07) is 8.51. The van der Waals surface area contributed by atoms with Crippen LogP contribution >= 0.6 is 0 Å². The molecule has 1 aromatic rings. The van der Waals surface area contributed by atoms with Crippen molar-refractivity contribution in [3.8, 4) is 0 Å². The lowest BCUT2D eigenvalue weighted by Crippen LogP contribution is -2.51. The van der Waals surface area contributed by atoms with Crippen LogP contribution in [0.2, 0.25) is 0 Å². The van der Waals surface area contributed by atoms with Gasteiger partial charge in [0.05, 0.1) is 19.3 Å². The highest BCUT2D eigenvalue weighted by Crippen LogP contribution is 2.13. The first-order valence-corrected chi connectivity index (χ1v) is 11.0. The molecular formula is C19H30N2O7S. The number of carbonyl (C=O) groups excluding carboxylic acids is 1. The van der Waals surface area contributed by atoms with Crippen LogP contribution < -0.4 is 10.6 Å². The summed E-state index contributed by atoms with van der Waals surface area (Å²) in [7, 11) is -4.72. The monoisotopic (exact) mass is 430 g/mol. The molecule has 9 nitrogen and oxygen atoms in total. The lowest BCUT2D eigenvalue weighted by Gasteiger charge is -2.27. The fourth-order valence-electron chi connectivity index (χ4n) is 3.00. The number of amides is 1. The van der Waals surface area contributed by atoms with Crippen molar-refractivity contribution in [3.05, 3.63) is 35.9 Å². The molecule has 1 aliphatic heterocycles. The quantitative estimate of drug-likeness (QED) is 0.452. The summed E-state index contributed by atoms with van der Waals surface area (Å²) < 4.78 is 47.5. The molecule has 1 aliphatic rings. The van der Waals surface area contributed by atoms with E-state index in [-0.39, 0.29) is 12.6 Å². The van der Waals surface area contributed by atoms with Crippen LogP contribution in [-0.2, 0) is 30.5 Å². The third-order valence-electron chi connectivity index (χ3n) is 4.36. The first-order valence-electron chi connectivity index (χ1n) is 9.68. The minimum absolute atomic E-state index is 0.113. The fraction of sp³-hybridized carbons (Fsp3) is 0.632. The molecule has 0 spiro atoms. The Morgan fingerprint density at radius 2 is 2.00 bits per heavy atom. The second-order valence-electron chi connectivity index (χ2n) is 7.45. The van der Waals surface area contributed by atoms with Crippen molar-refractivity contribution < 1.29 is 31.4 Å². The van der Waals surface area contributed by atoms with Gasteiger partial charge in [0.2, 0.25) is 0 Å². The van der Waals surface area contributed by atoms with Gasteiger partial charge in [-0.05, 0) is 24.4 Å². The number of alkyl carbamates (subject to hydrolysis) is 1. The van der Waals surface area contributed by atoms with Gasteiger partial charge in [0.15, 0.2) is 0 Å². The molecule has 0 radical (unpaired) electrons. The van der Waals surface area contributed by atoms with E-state index >= 15 is 0 Å². The van der Waals surface area contributed by atoms with Crippen LogP contribution in [0.5, 0.6) is 0 Å². The summed E-state index contributed by atoms with van der Waals surface area (Å²) in [6.45, 7) is 5.60. The van der Waals surface area contributed by atoms with E-state index in [1.165, 1.54) is 0 Å². The van der Waals surface area contributed by atoms with Crippen LogP contribution in [0, 0.1) is 5.92 Å². The van der Waals surface area contributed by atoms with E-state index in [1.807, 2.05) is 44.2 Å². The van der Waals surface area contributed by atoms with Crippen molar-refractivity contribution in [2.24, 2.45) is 5.92 Å². The Morgan fingerprint density at radius 1 is 1.28 bits per heavy atom. The van der Waals surface area contributed by atoms with E-state index in [2.05, 4.69) is 10.6 Å². The summed E-state index contributed by atoms with van der Waals surface area (Å²) in [5.41, 5.74) is 0.870. The molecule has 0 bridgehead atoms. The molecule has 1 fully saturated rings. The summed E-state index contributed by atoms with van der Waals surface area (Å²) in [6.07, 6.45) is -1.16. The topological polar surface area (TPSA) is 123 Å². The van der Waals surface area contributed by atoms with Gasteiger partial charge < -0.3 is 20.1 Å². The molecule has 1 heterocycles. The Balaban J connectivity index is 2.13. The number of hydrogen-bond donors (Lipinski definition) is 3. The highest BCUT2D eigenvalue weighted by atomic mass is 32.3. The van der Waals surface area contributed by atoms with E-state index in [0.717, 1.165) is 5.56 Å². The van der Waals surface area contributed by atoms with E-state index < -0.39 is 28.6 Å². The van der Waals surface area contributed by atoms with Gasteiger partial charge in [0, 0.05) is 13.0 Å². The zero-order chi connectivity index (χ0) is 21.3. The molecule has 3 atom stereocenters. The van der Waals surface area contributed by atoms with Gasteiger partial charge in [-0.15, -0.1) is 0 Å². The summed E-state index contributed by atoms with van der Waals surface area (Å²) in [5.74, 6) is 0.328. The van der Waals surface area contributed by atoms with Crippen molar-refractivity contribution >= 4 is 16.5 Å². The average molecular weight is 431 g/mol. The Kier molecular flexibility index (Phi) is 9.31. The zero-order valence-electron chi connectivity index (χ0n) is 16.7. The maximum absolute atomic E-state index is 12.4. The van der Waals surface area contributed by atoms with Crippen molar-refractivity contribution in [3.63, 3.8) is 0 Å². The van der Waals surface area contributed by atoms with Gasteiger partial charge in [0.1, 0.15) is 12.2 Å². The number of carbonyl (C=O) groups is 1. The Bertz CT molecular complexity index is 721. The smallest absolute Gasteiger partial charge is 0.407 e. The zero-order valence-corrected chi connectivity index (χ0v) is 17.6. The Hall–Kier alpha value is -1.72. The lowest BCUT2D eigenvalue weighted by atomic mass is 10.0. The normalized spacial score (nSPS) is 19.1. The maximum Gasteiger partial charge on any atom is 0.407 e. The van der Waals surface area contributed by atoms with Crippen LogP contribution in [-0.4, -0.2) is 63.6 Å². The standard InChI is InChI=1S/C19H30N2O7S/c1-14(2)11-20-12-18(28-29(23,24)25)17(10-15-6-4-3-5-7-15)21-19(22)27-16-8-9-26-13-16/h3-7,14,16-18,20H,8-13H2,1-2H3,(H,21,22)(H,23,24,25)/t16?,17?,18-/m1/s1. The second kappa shape index (κ2) is 11.5. The summed E-state index contributed by atoms with van der Waals surface area (Å²) in [4.78, 5) is 12.4. The van der Waals surface area contributed by atoms with Gasteiger partial charge in [-0.2, -0.15) is 8.42 Å². The third kappa shape index (κ3) is 9.55. The van der Waals surface area contributed by atoms with Crippen LogP contribution in [0.15, 0.2) is 30.3 Å². The first-order chi connectivity index (χ1) is 13.7. The van der Waals surface area contributed by atoms with E-state index in [1.54, 1.807) is 0 Å². The van der Waals surface area contributed by atoms with Crippen molar-refractivity contribution in [2.45, 2.75) is 44.9 Å². The molecule has 0 aromatic heterocycles. The SMILES string of the molecule is CC(C)CNC[C@@H](OS(=O)(=O)O)C(Cc1ccccc1)NC(=O)OC1CCOC1. The average Bonchev–Trinajstić information content (AvgIpc) is 3.13. The predicted molar refractivity (Wildman–Crippen MR) is 107 cm³/mol. The molecule has 2 unspecified atom stereocenters. The lowest BCUT2D eigenvalue weighted by molar-refractivity contribution is 0.0715. The molecule has 1 saturated heterocycles. The number of hydrogen-bond acceptors (Lipinski definition) is 7. The number of benzene rings is 1. The van der Waals surface area contributed by atoms with Gasteiger partial charge in [-0.1, -0.05) is 44.2 Å². The van der Waals surface area contributed by atoms with Crippen molar-refractivity contribution in [1.82, 2.24) is 10.6 Å². The molecule has 10 heteroatoms. The molecule has 2 rings (SSSR count). The molecule has 1 amide bonds. The van der Waals surface area contributed by atoms with E-state index in [0.29, 0.717) is 38.5 Å². The second-order valence-corrected chi connectivity index (χ2v) is 8.49. The molecule has 1 aromatic carbocycles. The van der Waals surface area contributed by atoms with Crippen LogP contribution in [0.25, 0.3) is 0 Å².